The first kappa shape index (κ1) is 15.5. The van der Waals surface area contributed by atoms with Gasteiger partial charge in [0.2, 0.25) is 5.91 Å². The van der Waals surface area contributed by atoms with Gasteiger partial charge in [0.1, 0.15) is 18.3 Å². The number of carbonyl (C=O) groups excluding carboxylic acids is 2. The zero-order chi connectivity index (χ0) is 16.4. The Morgan fingerprint density at radius 2 is 2.22 bits per heavy atom. The third kappa shape index (κ3) is 2.92. The fourth-order valence-electron chi connectivity index (χ4n) is 2.41. The molecule has 6 nitrogen and oxygen atoms in total. The third-order valence-corrected chi connectivity index (χ3v) is 4.51. The molecule has 0 fully saturated rings. The number of fused-ring (bicyclic) bond motifs is 1. The van der Waals surface area contributed by atoms with Crippen LogP contribution < -0.4 is 9.64 Å². The fourth-order valence-corrected chi connectivity index (χ4v) is 3.18. The van der Waals surface area contributed by atoms with Crippen molar-refractivity contribution in [2.75, 3.05) is 25.2 Å². The summed E-state index contributed by atoms with van der Waals surface area (Å²) in [4.78, 5) is 30.0. The highest BCUT2D eigenvalue weighted by molar-refractivity contribution is 7.14. The van der Waals surface area contributed by atoms with Crippen LogP contribution in [0.2, 0.25) is 0 Å². The number of esters is 1. The van der Waals surface area contributed by atoms with E-state index in [2.05, 4.69) is 4.98 Å². The van der Waals surface area contributed by atoms with Gasteiger partial charge in [-0.3, -0.25) is 9.69 Å². The number of carbonyl (C=O) groups is 2. The van der Waals surface area contributed by atoms with E-state index in [1.807, 2.05) is 24.3 Å². The summed E-state index contributed by atoms with van der Waals surface area (Å²) in [5.74, 6) is -0.207. The maximum atomic E-state index is 12.7. The van der Waals surface area contributed by atoms with Gasteiger partial charge in [-0.25, -0.2) is 9.78 Å². The number of hydrogen-bond acceptors (Lipinski definition) is 6. The second-order valence-corrected chi connectivity index (χ2v) is 5.87. The zero-order valence-electron chi connectivity index (χ0n) is 12.8. The number of hydrogen-bond donors (Lipinski definition) is 0. The monoisotopic (exact) mass is 332 g/mol. The van der Waals surface area contributed by atoms with Gasteiger partial charge in [0.05, 0.1) is 6.61 Å². The van der Waals surface area contributed by atoms with Crippen molar-refractivity contribution in [3.8, 4) is 5.75 Å². The molecule has 1 aromatic heterocycles. The molecule has 0 saturated heterocycles. The van der Waals surface area contributed by atoms with Gasteiger partial charge >= 0.3 is 5.97 Å². The molecule has 2 aromatic rings. The van der Waals surface area contributed by atoms with Crippen LogP contribution >= 0.6 is 11.3 Å². The minimum atomic E-state index is -0.481. The molecule has 1 amide bonds. The molecular formula is C16H16N2O4S. The van der Waals surface area contributed by atoms with Gasteiger partial charge < -0.3 is 9.47 Å². The molecule has 1 aliphatic rings. The number of anilines is 1. The van der Waals surface area contributed by atoms with Gasteiger partial charge in [-0.15, -0.1) is 11.3 Å². The van der Waals surface area contributed by atoms with Crippen LogP contribution in [0.5, 0.6) is 5.75 Å². The summed E-state index contributed by atoms with van der Waals surface area (Å²) in [6, 6.07) is 7.51. The van der Waals surface area contributed by atoms with Gasteiger partial charge in [-0.2, -0.15) is 0 Å². The van der Waals surface area contributed by atoms with Crippen molar-refractivity contribution in [3.05, 3.63) is 40.9 Å². The summed E-state index contributed by atoms with van der Waals surface area (Å²) in [5.41, 5.74) is 1.10. The molecule has 0 aliphatic carbocycles. The average molecular weight is 332 g/mol. The Kier molecular flexibility index (Phi) is 4.29. The summed E-state index contributed by atoms with van der Waals surface area (Å²) >= 11 is 1.23. The van der Waals surface area contributed by atoms with Crippen LogP contribution in [0.3, 0.4) is 0 Å². The molecule has 120 valence electrons. The lowest BCUT2D eigenvalue weighted by Gasteiger charge is -2.17. The Balaban J connectivity index is 1.77. The third-order valence-electron chi connectivity index (χ3n) is 3.59. The molecule has 0 bridgehead atoms. The lowest BCUT2D eigenvalue weighted by atomic mass is 10.0. The van der Waals surface area contributed by atoms with Crippen molar-refractivity contribution in [2.24, 2.45) is 0 Å². The van der Waals surface area contributed by atoms with E-state index in [0.717, 1.165) is 11.3 Å². The van der Waals surface area contributed by atoms with Crippen molar-refractivity contribution in [1.82, 2.24) is 4.98 Å². The Hall–Kier alpha value is -2.41. The molecule has 7 heteroatoms. The molecule has 3 rings (SSSR count). The van der Waals surface area contributed by atoms with Gasteiger partial charge in [-0.1, -0.05) is 18.2 Å². The molecule has 0 spiro atoms. The maximum absolute atomic E-state index is 12.7. The Labute approximate surface area is 137 Å². The Morgan fingerprint density at radius 1 is 1.43 bits per heavy atom. The first-order valence-corrected chi connectivity index (χ1v) is 8.11. The van der Waals surface area contributed by atoms with E-state index in [-0.39, 0.29) is 24.1 Å². The number of ether oxygens (including phenoxy) is 2. The van der Waals surface area contributed by atoms with Crippen LogP contribution in [0.1, 0.15) is 28.9 Å². The molecule has 2 heterocycles. The molecule has 23 heavy (non-hydrogen) atoms. The first-order valence-electron chi connectivity index (χ1n) is 7.23. The Morgan fingerprint density at radius 3 is 3.00 bits per heavy atom. The minimum absolute atomic E-state index is 0.111. The summed E-state index contributed by atoms with van der Waals surface area (Å²) in [7, 11) is 1.65. The van der Waals surface area contributed by atoms with Crippen molar-refractivity contribution in [1.29, 1.82) is 0 Å². The maximum Gasteiger partial charge on any atom is 0.357 e. The largest absolute Gasteiger partial charge is 0.492 e. The van der Waals surface area contributed by atoms with Crippen LogP contribution in [-0.4, -0.2) is 37.1 Å². The molecule has 0 unspecified atom stereocenters. The SMILES string of the molecule is CCOC(=O)c1csc(N(C)C(=O)[C@H]2COc3ccccc32)n1. The van der Waals surface area contributed by atoms with E-state index in [1.165, 1.54) is 16.2 Å². The topological polar surface area (TPSA) is 68.7 Å². The van der Waals surface area contributed by atoms with Gasteiger partial charge in [-0.05, 0) is 13.0 Å². The summed E-state index contributed by atoms with van der Waals surface area (Å²) < 4.78 is 10.5. The van der Waals surface area contributed by atoms with Gasteiger partial charge in [0.25, 0.3) is 0 Å². The lowest BCUT2D eigenvalue weighted by molar-refractivity contribution is -0.119. The number of amides is 1. The molecule has 1 aliphatic heterocycles. The van der Waals surface area contributed by atoms with Gasteiger partial charge in [0.15, 0.2) is 10.8 Å². The van der Waals surface area contributed by atoms with Crippen LogP contribution in [0.25, 0.3) is 0 Å². The molecule has 0 saturated carbocycles. The fraction of sp³-hybridized carbons (Fsp3) is 0.312. The van der Waals surface area contributed by atoms with E-state index in [0.29, 0.717) is 11.7 Å². The Bertz CT molecular complexity index is 743. The number of likely N-dealkylation sites (N-methyl/N-ethyl adjacent to an activating group) is 1. The minimum Gasteiger partial charge on any atom is -0.492 e. The van der Waals surface area contributed by atoms with Gasteiger partial charge in [0, 0.05) is 18.0 Å². The lowest BCUT2D eigenvalue weighted by Crippen LogP contribution is -2.32. The zero-order valence-corrected chi connectivity index (χ0v) is 13.6. The predicted octanol–water partition coefficient (Wildman–Crippen LogP) is 2.46. The standard InChI is InChI=1S/C16H16N2O4S/c1-3-21-15(20)12-9-23-16(17-12)18(2)14(19)11-8-22-13-7-5-4-6-10(11)13/h4-7,9,11H,3,8H2,1-2H3/t11-/m0/s1. The number of rotatable bonds is 4. The van der Waals surface area contributed by atoms with E-state index < -0.39 is 5.97 Å². The number of aromatic nitrogens is 1. The number of thiazole rings is 1. The van der Waals surface area contributed by atoms with Crippen LogP contribution in [0.4, 0.5) is 5.13 Å². The molecule has 0 N–H and O–H groups in total. The predicted molar refractivity (Wildman–Crippen MR) is 86.2 cm³/mol. The quantitative estimate of drug-likeness (QED) is 0.805. The van der Waals surface area contributed by atoms with Crippen LogP contribution in [0.15, 0.2) is 29.6 Å². The average Bonchev–Trinajstić information content (AvgIpc) is 3.21. The second-order valence-electron chi connectivity index (χ2n) is 5.03. The van der Waals surface area contributed by atoms with E-state index in [4.69, 9.17) is 9.47 Å². The van der Waals surface area contributed by atoms with E-state index in [9.17, 15) is 9.59 Å². The highest BCUT2D eigenvalue weighted by atomic mass is 32.1. The second kappa shape index (κ2) is 6.37. The highest BCUT2D eigenvalue weighted by Crippen LogP contribution is 2.35. The summed E-state index contributed by atoms with van der Waals surface area (Å²) in [6.07, 6.45) is 0. The normalized spacial score (nSPS) is 15.7. The number of para-hydroxylation sites is 1. The van der Waals surface area contributed by atoms with Crippen molar-refractivity contribution < 1.29 is 19.1 Å². The molecule has 1 aromatic carbocycles. The van der Waals surface area contributed by atoms with Crippen LogP contribution in [0, 0.1) is 0 Å². The van der Waals surface area contributed by atoms with E-state index >= 15 is 0 Å². The van der Waals surface area contributed by atoms with Crippen molar-refractivity contribution >= 4 is 28.3 Å². The highest BCUT2D eigenvalue weighted by Gasteiger charge is 2.33. The van der Waals surface area contributed by atoms with E-state index in [1.54, 1.807) is 19.4 Å². The number of nitrogens with zero attached hydrogens (tertiary/aromatic N) is 2. The van der Waals surface area contributed by atoms with Crippen LogP contribution in [-0.2, 0) is 9.53 Å². The molecule has 0 radical (unpaired) electrons. The smallest absolute Gasteiger partial charge is 0.357 e. The van der Waals surface area contributed by atoms with Crippen molar-refractivity contribution in [2.45, 2.75) is 12.8 Å². The summed E-state index contributed by atoms with van der Waals surface area (Å²) in [5, 5.41) is 2.05. The summed E-state index contributed by atoms with van der Waals surface area (Å²) in [6.45, 7) is 2.34. The van der Waals surface area contributed by atoms with Crippen molar-refractivity contribution in [3.63, 3.8) is 0 Å². The first-order chi connectivity index (χ1) is 11.1. The number of benzene rings is 1. The molecular weight excluding hydrogens is 316 g/mol. The molecule has 1 atom stereocenters.